The Balaban J connectivity index is 1.87. The predicted molar refractivity (Wildman–Crippen MR) is 83.1 cm³/mol. The van der Waals surface area contributed by atoms with Gasteiger partial charge in [-0.05, 0) is 37.5 Å². The van der Waals surface area contributed by atoms with Crippen LogP contribution in [0.2, 0.25) is 0 Å². The van der Waals surface area contributed by atoms with E-state index in [-0.39, 0.29) is 5.82 Å². The minimum Gasteiger partial charge on any atom is -0.491 e. The first-order valence-electron chi connectivity index (χ1n) is 7.26. The summed E-state index contributed by atoms with van der Waals surface area (Å²) in [6, 6.07) is 5.40. The van der Waals surface area contributed by atoms with E-state index < -0.39 is 0 Å². The first kappa shape index (κ1) is 15.4. The van der Waals surface area contributed by atoms with Gasteiger partial charge < -0.3 is 15.4 Å². The van der Waals surface area contributed by atoms with E-state index in [0.717, 1.165) is 24.4 Å². The van der Waals surface area contributed by atoms with Gasteiger partial charge in [-0.2, -0.15) is 0 Å². The molecule has 0 heterocycles. The lowest BCUT2D eigenvalue weighted by molar-refractivity contribution is 0.321. The van der Waals surface area contributed by atoms with Crippen LogP contribution in [0.5, 0.6) is 5.75 Å². The van der Waals surface area contributed by atoms with Crippen LogP contribution in [-0.4, -0.2) is 25.7 Å². The Bertz CT molecular complexity index is 520. The molecule has 0 fully saturated rings. The highest BCUT2D eigenvalue weighted by atomic mass is 19.1. The van der Waals surface area contributed by atoms with Crippen LogP contribution in [0.1, 0.15) is 25.3 Å². The van der Waals surface area contributed by atoms with E-state index in [1.807, 2.05) is 13.0 Å². The average Bonchev–Trinajstić information content (AvgIpc) is 2.99. The van der Waals surface area contributed by atoms with E-state index in [0.29, 0.717) is 24.9 Å². The minimum atomic E-state index is -0.334. The molecule has 21 heavy (non-hydrogen) atoms. The van der Waals surface area contributed by atoms with Gasteiger partial charge in [0.15, 0.2) is 17.5 Å². The summed E-state index contributed by atoms with van der Waals surface area (Å²) in [5.41, 5.74) is 0.850. The molecule has 0 aromatic heterocycles. The zero-order valence-electron chi connectivity index (χ0n) is 12.5. The van der Waals surface area contributed by atoms with Gasteiger partial charge in [0.05, 0.1) is 6.61 Å². The normalized spacial score (nSPS) is 15.3. The topological polar surface area (TPSA) is 45.6 Å². The van der Waals surface area contributed by atoms with Crippen molar-refractivity contribution in [2.45, 2.75) is 32.4 Å². The molecule has 0 radical (unpaired) electrons. The first-order chi connectivity index (χ1) is 10.2. The zero-order valence-corrected chi connectivity index (χ0v) is 12.5. The molecule has 0 amide bonds. The highest BCUT2D eigenvalue weighted by Gasteiger charge is 2.11. The molecule has 4 nitrogen and oxygen atoms in total. The summed E-state index contributed by atoms with van der Waals surface area (Å²) in [5.74, 6) is 0.692. The third-order valence-corrected chi connectivity index (χ3v) is 3.33. The number of rotatable bonds is 5. The number of hydrogen-bond acceptors (Lipinski definition) is 2. The molecule has 114 valence electrons. The van der Waals surface area contributed by atoms with Crippen LogP contribution in [0, 0.1) is 5.82 Å². The number of nitrogens with zero attached hydrogens (tertiary/aromatic N) is 1. The number of aliphatic imine (C=N–C) groups is 1. The van der Waals surface area contributed by atoms with Gasteiger partial charge in [0.25, 0.3) is 0 Å². The number of ether oxygens (including phenoxy) is 1. The second-order valence-electron chi connectivity index (χ2n) is 4.91. The highest BCUT2D eigenvalue weighted by Crippen LogP contribution is 2.18. The Hall–Kier alpha value is -2.04. The maximum absolute atomic E-state index is 13.8. The van der Waals surface area contributed by atoms with Crippen LogP contribution in [0.15, 0.2) is 35.3 Å². The molecule has 1 aromatic carbocycles. The molecule has 0 aliphatic heterocycles. The summed E-state index contributed by atoms with van der Waals surface area (Å²) >= 11 is 0. The van der Waals surface area contributed by atoms with Crippen LogP contribution < -0.4 is 15.4 Å². The van der Waals surface area contributed by atoms with Crippen LogP contribution in [-0.2, 0) is 6.54 Å². The Morgan fingerprint density at radius 1 is 1.38 bits per heavy atom. The smallest absolute Gasteiger partial charge is 0.191 e. The molecule has 0 atom stereocenters. The fourth-order valence-electron chi connectivity index (χ4n) is 2.24. The Labute approximate surface area is 125 Å². The van der Waals surface area contributed by atoms with Crippen LogP contribution >= 0.6 is 0 Å². The summed E-state index contributed by atoms with van der Waals surface area (Å²) in [6.07, 6.45) is 6.34. The Morgan fingerprint density at radius 3 is 2.76 bits per heavy atom. The molecule has 1 aliphatic carbocycles. The van der Waals surface area contributed by atoms with Crippen molar-refractivity contribution in [3.63, 3.8) is 0 Å². The van der Waals surface area contributed by atoms with E-state index in [9.17, 15) is 4.39 Å². The van der Waals surface area contributed by atoms with Gasteiger partial charge >= 0.3 is 0 Å². The standard InChI is InChI=1S/C16H22FN3O/c1-3-21-15-9-8-12(10-14(15)17)11-19-16(18-2)20-13-6-4-5-7-13/h4-5,8-10,13H,3,6-7,11H2,1-2H3,(H2,18,19,20). The molecule has 0 unspecified atom stereocenters. The minimum absolute atomic E-state index is 0.292. The number of hydrogen-bond donors (Lipinski definition) is 2. The number of guanidine groups is 1. The third-order valence-electron chi connectivity index (χ3n) is 3.33. The van der Waals surface area contributed by atoms with E-state index in [4.69, 9.17) is 4.74 Å². The van der Waals surface area contributed by atoms with Gasteiger partial charge in [-0.1, -0.05) is 18.2 Å². The van der Waals surface area contributed by atoms with E-state index in [1.54, 1.807) is 13.1 Å². The molecule has 2 rings (SSSR count). The van der Waals surface area contributed by atoms with Crippen molar-refractivity contribution >= 4 is 5.96 Å². The average molecular weight is 291 g/mol. The number of halogens is 1. The lowest BCUT2D eigenvalue weighted by Gasteiger charge is -2.17. The molecule has 1 aliphatic rings. The van der Waals surface area contributed by atoms with Gasteiger partial charge in [0.2, 0.25) is 0 Å². The van der Waals surface area contributed by atoms with Crippen molar-refractivity contribution in [2.75, 3.05) is 13.7 Å². The van der Waals surface area contributed by atoms with Gasteiger partial charge in [-0.25, -0.2) is 4.39 Å². The number of benzene rings is 1. The number of nitrogens with one attached hydrogen (secondary N) is 2. The summed E-state index contributed by atoms with van der Waals surface area (Å²) < 4.78 is 19.0. The zero-order chi connectivity index (χ0) is 15.1. The first-order valence-corrected chi connectivity index (χ1v) is 7.26. The van der Waals surface area contributed by atoms with E-state index >= 15 is 0 Å². The third kappa shape index (κ3) is 4.48. The molecule has 0 bridgehead atoms. The van der Waals surface area contributed by atoms with Gasteiger partial charge in [0.1, 0.15) is 0 Å². The Morgan fingerprint density at radius 2 is 2.14 bits per heavy atom. The molecule has 1 aromatic rings. The second-order valence-corrected chi connectivity index (χ2v) is 4.91. The second kappa shape index (κ2) is 7.67. The molecule has 0 saturated carbocycles. The van der Waals surface area contributed by atoms with Crippen LogP contribution in [0.25, 0.3) is 0 Å². The summed E-state index contributed by atoms with van der Waals surface area (Å²) in [6.45, 7) is 2.81. The van der Waals surface area contributed by atoms with Crippen molar-refractivity contribution in [1.29, 1.82) is 0 Å². The van der Waals surface area contributed by atoms with Crippen LogP contribution in [0.4, 0.5) is 4.39 Å². The van der Waals surface area contributed by atoms with Gasteiger partial charge in [0, 0.05) is 19.6 Å². The molecule has 2 N–H and O–H groups in total. The summed E-state index contributed by atoms with van der Waals surface area (Å²) in [5, 5.41) is 6.54. The van der Waals surface area contributed by atoms with E-state index in [1.165, 1.54) is 6.07 Å². The highest BCUT2D eigenvalue weighted by molar-refractivity contribution is 5.80. The molecule has 0 spiro atoms. The largest absolute Gasteiger partial charge is 0.491 e. The lowest BCUT2D eigenvalue weighted by atomic mass is 10.2. The van der Waals surface area contributed by atoms with Crippen molar-refractivity contribution in [3.8, 4) is 5.75 Å². The molecule has 5 heteroatoms. The fourth-order valence-corrected chi connectivity index (χ4v) is 2.24. The quantitative estimate of drug-likeness (QED) is 0.498. The van der Waals surface area contributed by atoms with Crippen LogP contribution in [0.3, 0.4) is 0 Å². The summed E-state index contributed by atoms with van der Waals surface area (Å²) in [4.78, 5) is 4.18. The maximum atomic E-state index is 13.8. The summed E-state index contributed by atoms with van der Waals surface area (Å²) in [7, 11) is 1.73. The SMILES string of the molecule is CCOc1ccc(CNC(=NC)NC2CC=CC2)cc1F. The lowest BCUT2D eigenvalue weighted by Crippen LogP contribution is -2.42. The molecular weight excluding hydrogens is 269 g/mol. The van der Waals surface area contributed by atoms with Gasteiger partial charge in [-0.15, -0.1) is 0 Å². The molecular formula is C16H22FN3O. The van der Waals surface area contributed by atoms with Gasteiger partial charge in [-0.3, -0.25) is 4.99 Å². The van der Waals surface area contributed by atoms with Crippen molar-refractivity contribution in [3.05, 3.63) is 41.7 Å². The molecule has 0 saturated heterocycles. The van der Waals surface area contributed by atoms with Crippen molar-refractivity contribution < 1.29 is 9.13 Å². The van der Waals surface area contributed by atoms with E-state index in [2.05, 4.69) is 27.8 Å². The van der Waals surface area contributed by atoms with Crippen molar-refractivity contribution in [1.82, 2.24) is 10.6 Å². The maximum Gasteiger partial charge on any atom is 0.191 e. The monoisotopic (exact) mass is 291 g/mol. The Kier molecular flexibility index (Phi) is 5.60. The van der Waals surface area contributed by atoms with Crippen molar-refractivity contribution in [2.24, 2.45) is 4.99 Å². The fraction of sp³-hybridized carbons (Fsp3) is 0.438. The predicted octanol–water partition coefficient (Wildman–Crippen LogP) is 2.61.